The molecule has 0 radical (unpaired) electrons. The Morgan fingerprint density at radius 1 is 1.47 bits per heavy atom. The van der Waals surface area contributed by atoms with Gasteiger partial charge < -0.3 is 9.64 Å². The highest BCUT2D eigenvalue weighted by atomic mass is 16.5. The Labute approximate surface area is 115 Å². The third kappa shape index (κ3) is 2.61. The molecule has 1 aliphatic heterocycles. The van der Waals surface area contributed by atoms with Crippen molar-refractivity contribution >= 4 is 11.9 Å². The number of carbonyl (C=O) groups excluding carboxylic acids is 1. The number of methoxy groups -OCH3 is 1. The van der Waals surface area contributed by atoms with Gasteiger partial charge in [-0.25, -0.2) is 4.79 Å². The van der Waals surface area contributed by atoms with Gasteiger partial charge in [-0.3, -0.25) is 10.7 Å². The van der Waals surface area contributed by atoms with Gasteiger partial charge in [-0.2, -0.15) is 0 Å². The molecule has 1 heterocycles. The highest BCUT2D eigenvalue weighted by molar-refractivity contribution is 6.08. The van der Waals surface area contributed by atoms with Gasteiger partial charge in [-0.15, -0.1) is 0 Å². The molecule has 5 heteroatoms. The van der Waals surface area contributed by atoms with Gasteiger partial charge in [0.2, 0.25) is 0 Å². The Kier molecular flexibility index (Phi) is 4.45. The fraction of sp³-hybridized carbons (Fsp3) is 0.857. The monoisotopic (exact) mass is 267 g/mol. The van der Waals surface area contributed by atoms with E-state index in [2.05, 4.69) is 12.2 Å². The van der Waals surface area contributed by atoms with Crippen molar-refractivity contribution < 1.29 is 9.53 Å². The molecule has 2 aliphatic rings. The standard InChI is InChI=1S/C14H25N3O2/c1-3-4-11-5-7-14(8-6-11)12(15)16-13(18)17(14)9-10-19-2/h11H,3-10H2,1-2H3,(H2,15,16,18). The number of carbonyl (C=O) groups is 1. The Morgan fingerprint density at radius 3 is 2.74 bits per heavy atom. The third-order valence-electron chi connectivity index (χ3n) is 4.61. The maximum Gasteiger partial charge on any atom is 0.323 e. The number of hydrogen-bond donors (Lipinski definition) is 2. The summed E-state index contributed by atoms with van der Waals surface area (Å²) in [6.45, 7) is 3.32. The lowest BCUT2D eigenvalue weighted by atomic mass is 9.74. The summed E-state index contributed by atoms with van der Waals surface area (Å²) in [6.07, 6.45) is 6.56. The Hall–Kier alpha value is -1.10. The smallest absolute Gasteiger partial charge is 0.323 e. The van der Waals surface area contributed by atoms with Crippen LogP contribution in [-0.2, 0) is 4.74 Å². The van der Waals surface area contributed by atoms with Crippen LogP contribution in [0.3, 0.4) is 0 Å². The number of nitrogens with zero attached hydrogens (tertiary/aromatic N) is 1. The molecule has 0 atom stereocenters. The number of urea groups is 1. The SMILES string of the molecule is CCCC1CCC2(CC1)C(=N)NC(=O)N2CCOC. The van der Waals surface area contributed by atoms with Crippen LogP contribution in [-0.4, -0.2) is 42.6 Å². The molecule has 1 saturated heterocycles. The summed E-state index contributed by atoms with van der Waals surface area (Å²) in [7, 11) is 1.64. The fourth-order valence-corrected chi connectivity index (χ4v) is 3.49. The molecule has 2 rings (SSSR count). The third-order valence-corrected chi connectivity index (χ3v) is 4.61. The molecule has 108 valence electrons. The zero-order valence-electron chi connectivity index (χ0n) is 12.0. The molecular formula is C14H25N3O2. The molecule has 19 heavy (non-hydrogen) atoms. The van der Waals surface area contributed by atoms with Gasteiger partial charge in [0, 0.05) is 13.7 Å². The minimum absolute atomic E-state index is 0.129. The van der Waals surface area contributed by atoms with Crippen molar-refractivity contribution in [3.8, 4) is 0 Å². The van der Waals surface area contributed by atoms with Crippen LogP contribution in [0, 0.1) is 11.3 Å². The molecule has 0 unspecified atom stereocenters. The molecule has 5 nitrogen and oxygen atoms in total. The van der Waals surface area contributed by atoms with Crippen molar-refractivity contribution in [2.24, 2.45) is 5.92 Å². The first-order valence-corrected chi connectivity index (χ1v) is 7.30. The number of hydrogen-bond acceptors (Lipinski definition) is 3. The van der Waals surface area contributed by atoms with E-state index in [1.54, 1.807) is 7.11 Å². The highest BCUT2D eigenvalue weighted by Crippen LogP contribution is 2.40. The van der Waals surface area contributed by atoms with Gasteiger partial charge in [0.1, 0.15) is 11.4 Å². The first-order valence-electron chi connectivity index (χ1n) is 7.30. The van der Waals surface area contributed by atoms with E-state index in [1.807, 2.05) is 4.90 Å². The van der Waals surface area contributed by atoms with Crippen LogP contribution in [0.25, 0.3) is 0 Å². The van der Waals surface area contributed by atoms with Gasteiger partial charge in [0.15, 0.2) is 0 Å². The quantitative estimate of drug-likeness (QED) is 0.803. The number of amidine groups is 1. The summed E-state index contributed by atoms with van der Waals surface area (Å²) in [4.78, 5) is 13.8. The Morgan fingerprint density at radius 2 is 2.16 bits per heavy atom. The highest BCUT2D eigenvalue weighted by Gasteiger charge is 2.51. The van der Waals surface area contributed by atoms with E-state index in [0.717, 1.165) is 31.6 Å². The van der Waals surface area contributed by atoms with Crippen LogP contribution >= 0.6 is 0 Å². The molecule has 0 aromatic carbocycles. The summed E-state index contributed by atoms with van der Waals surface area (Å²) in [6, 6.07) is -0.129. The van der Waals surface area contributed by atoms with Crippen molar-refractivity contribution in [1.29, 1.82) is 5.41 Å². The number of nitrogens with one attached hydrogen (secondary N) is 2. The molecule has 0 bridgehead atoms. The molecule has 1 aliphatic carbocycles. The van der Waals surface area contributed by atoms with E-state index in [0.29, 0.717) is 19.0 Å². The predicted molar refractivity (Wildman–Crippen MR) is 74.4 cm³/mol. The maximum absolute atomic E-state index is 12.0. The van der Waals surface area contributed by atoms with Crippen molar-refractivity contribution in [1.82, 2.24) is 10.2 Å². The average molecular weight is 267 g/mol. The van der Waals surface area contributed by atoms with Crippen LogP contribution in [0.1, 0.15) is 45.4 Å². The molecule has 1 saturated carbocycles. The van der Waals surface area contributed by atoms with Gasteiger partial charge in [0.25, 0.3) is 0 Å². The molecule has 0 aromatic rings. The number of rotatable bonds is 5. The van der Waals surface area contributed by atoms with Crippen molar-refractivity contribution in [3.63, 3.8) is 0 Å². The summed E-state index contributed by atoms with van der Waals surface area (Å²) in [5, 5.41) is 10.8. The van der Waals surface area contributed by atoms with Gasteiger partial charge in [-0.05, 0) is 31.6 Å². The van der Waals surface area contributed by atoms with Crippen LogP contribution in [0.15, 0.2) is 0 Å². The summed E-state index contributed by atoms with van der Waals surface area (Å²) in [5.41, 5.74) is -0.375. The second-order valence-corrected chi connectivity index (χ2v) is 5.71. The lowest BCUT2D eigenvalue weighted by Crippen LogP contribution is -2.52. The normalized spacial score (nSPS) is 31.1. The zero-order chi connectivity index (χ0) is 13.9. The lowest BCUT2D eigenvalue weighted by molar-refractivity contribution is 0.0952. The number of ether oxygens (including phenoxy) is 1. The van der Waals surface area contributed by atoms with E-state index in [9.17, 15) is 4.79 Å². The van der Waals surface area contributed by atoms with E-state index < -0.39 is 0 Å². The molecular weight excluding hydrogens is 242 g/mol. The summed E-state index contributed by atoms with van der Waals surface area (Å²) >= 11 is 0. The second kappa shape index (κ2) is 5.90. The molecule has 2 fully saturated rings. The average Bonchev–Trinajstić information content (AvgIpc) is 2.62. The predicted octanol–water partition coefficient (Wildman–Crippen LogP) is 2.36. The Bertz CT molecular complexity index is 349. The topological polar surface area (TPSA) is 65.4 Å². The van der Waals surface area contributed by atoms with Gasteiger partial charge in [0.05, 0.1) is 6.61 Å². The second-order valence-electron chi connectivity index (χ2n) is 5.71. The van der Waals surface area contributed by atoms with Crippen LogP contribution < -0.4 is 5.32 Å². The van der Waals surface area contributed by atoms with E-state index in [-0.39, 0.29) is 11.6 Å². The molecule has 2 amide bonds. The Balaban J connectivity index is 2.07. The van der Waals surface area contributed by atoms with E-state index in [1.165, 1.54) is 12.8 Å². The van der Waals surface area contributed by atoms with Crippen LogP contribution in [0.2, 0.25) is 0 Å². The van der Waals surface area contributed by atoms with E-state index in [4.69, 9.17) is 10.1 Å². The first kappa shape index (κ1) is 14.3. The van der Waals surface area contributed by atoms with Crippen molar-refractivity contribution in [2.45, 2.75) is 51.0 Å². The summed E-state index contributed by atoms with van der Waals surface area (Å²) < 4.78 is 5.09. The maximum atomic E-state index is 12.0. The van der Waals surface area contributed by atoms with Crippen molar-refractivity contribution in [2.75, 3.05) is 20.3 Å². The fourth-order valence-electron chi connectivity index (χ4n) is 3.49. The van der Waals surface area contributed by atoms with Gasteiger partial charge >= 0.3 is 6.03 Å². The van der Waals surface area contributed by atoms with Crippen LogP contribution in [0.5, 0.6) is 0 Å². The first-order chi connectivity index (χ1) is 9.14. The van der Waals surface area contributed by atoms with E-state index >= 15 is 0 Å². The summed E-state index contributed by atoms with van der Waals surface area (Å²) in [5.74, 6) is 1.16. The lowest BCUT2D eigenvalue weighted by Gasteiger charge is -2.42. The minimum Gasteiger partial charge on any atom is -0.383 e. The van der Waals surface area contributed by atoms with Crippen molar-refractivity contribution in [3.05, 3.63) is 0 Å². The van der Waals surface area contributed by atoms with Gasteiger partial charge in [-0.1, -0.05) is 19.8 Å². The zero-order valence-corrected chi connectivity index (χ0v) is 12.0. The molecule has 0 aromatic heterocycles. The minimum atomic E-state index is -0.375. The van der Waals surface area contributed by atoms with Crippen LogP contribution in [0.4, 0.5) is 4.79 Å². The largest absolute Gasteiger partial charge is 0.383 e. The number of amides is 2. The molecule has 2 N–H and O–H groups in total. The molecule has 1 spiro atoms.